The van der Waals surface area contributed by atoms with Crippen LogP contribution in [0.3, 0.4) is 0 Å². The summed E-state index contributed by atoms with van der Waals surface area (Å²) < 4.78 is 0. The van der Waals surface area contributed by atoms with Gasteiger partial charge in [-0.3, -0.25) is 10.0 Å². The van der Waals surface area contributed by atoms with E-state index < -0.39 is 11.9 Å². The van der Waals surface area contributed by atoms with Crippen molar-refractivity contribution in [3.8, 4) is 0 Å². The van der Waals surface area contributed by atoms with Gasteiger partial charge in [-0.05, 0) is 24.3 Å². The fraction of sp³-hybridized carbons (Fsp3) is 0. The number of aliphatic carboxylic acids is 1. The molecule has 2 N–H and O–H groups in total. The molecule has 0 aromatic heterocycles. The predicted octanol–water partition coefficient (Wildman–Crippen LogP) is 2.98. The van der Waals surface area contributed by atoms with Gasteiger partial charge in [0.05, 0.1) is 5.69 Å². The van der Waals surface area contributed by atoms with Crippen LogP contribution in [0, 0.1) is 0 Å². The topological polar surface area (TPSA) is 77.8 Å². The third-order valence-electron chi connectivity index (χ3n) is 2.39. The van der Waals surface area contributed by atoms with E-state index in [2.05, 4.69) is 6.58 Å². The number of para-hydroxylation sites is 1. The molecule has 0 unspecified atom stereocenters. The van der Waals surface area contributed by atoms with Gasteiger partial charge >= 0.3 is 5.97 Å². The third kappa shape index (κ3) is 5.30. The maximum atomic E-state index is 11.8. The van der Waals surface area contributed by atoms with Gasteiger partial charge in [-0.25, -0.2) is 4.79 Å². The lowest BCUT2D eigenvalue weighted by molar-refractivity contribution is -0.131. The first-order chi connectivity index (χ1) is 10.1. The van der Waals surface area contributed by atoms with E-state index in [0.717, 1.165) is 6.08 Å². The molecule has 2 aromatic rings. The molecular weight excluding hydrogens is 270 g/mol. The van der Waals surface area contributed by atoms with E-state index in [-0.39, 0.29) is 0 Å². The van der Waals surface area contributed by atoms with Gasteiger partial charge in [0, 0.05) is 11.6 Å². The molecule has 21 heavy (non-hydrogen) atoms. The number of benzene rings is 2. The summed E-state index contributed by atoms with van der Waals surface area (Å²) in [4.78, 5) is 21.1. The van der Waals surface area contributed by atoms with Crippen molar-refractivity contribution in [2.45, 2.75) is 0 Å². The Labute approximate surface area is 122 Å². The summed E-state index contributed by atoms with van der Waals surface area (Å²) in [6.07, 6.45) is 0.833. The Kier molecular flexibility index (Phi) is 6.37. The number of carboxylic acids is 1. The minimum Gasteiger partial charge on any atom is -0.478 e. The van der Waals surface area contributed by atoms with Gasteiger partial charge in [-0.15, -0.1) is 0 Å². The molecule has 0 spiro atoms. The summed E-state index contributed by atoms with van der Waals surface area (Å²) in [6, 6.07) is 17.3. The smallest absolute Gasteiger partial charge is 0.327 e. The van der Waals surface area contributed by atoms with Crippen LogP contribution in [0.15, 0.2) is 73.3 Å². The normalized spacial score (nSPS) is 9.00. The highest BCUT2D eigenvalue weighted by Gasteiger charge is 2.14. The zero-order chi connectivity index (χ0) is 15.7. The van der Waals surface area contributed by atoms with Crippen molar-refractivity contribution in [2.24, 2.45) is 0 Å². The van der Waals surface area contributed by atoms with Crippen molar-refractivity contribution in [3.05, 3.63) is 78.9 Å². The number of anilines is 1. The van der Waals surface area contributed by atoms with Crippen LogP contribution in [-0.2, 0) is 4.79 Å². The quantitative estimate of drug-likeness (QED) is 0.516. The lowest BCUT2D eigenvalue weighted by Crippen LogP contribution is -2.26. The molecule has 0 aliphatic rings. The molecule has 5 heteroatoms. The lowest BCUT2D eigenvalue weighted by atomic mass is 10.2. The molecule has 2 rings (SSSR count). The van der Waals surface area contributed by atoms with Crippen LogP contribution in [0.4, 0.5) is 5.69 Å². The van der Waals surface area contributed by atoms with E-state index in [4.69, 9.17) is 5.11 Å². The number of amides is 1. The van der Waals surface area contributed by atoms with Crippen LogP contribution >= 0.6 is 0 Å². The Balaban J connectivity index is 0.000000383. The van der Waals surface area contributed by atoms with E-state index >= 15 is 0 Å². The molecule has 0 aliphatic carbocycles. The Bertz CT molecular complexity index is 596. The number of hydrogen-bond donors (Lipinski definition) is 2. The first kappa shape index (κ1) is 16.1. The van der Waals surface area contributed by atoms with Gasteiger partial charge in [-0.2, -0.15) is 5.06 Å². The molecule has 5 nitrogen and oxygen atoms in total. The second-order valence-electron chi connectivity index (χ2n) is 3.86. The highest BCUT2D eigenvalue weighted by molar-refractivity contribution is 6.04. The summed E-state index contributed by atoms with van der Waals surface area (Å²) in [5.41, 5.74) is 0.908. The molecule has 0 aliphatic heterocycles. The standard InChI is InChI=1S/C13H11NO2.C3H4O2/c15-13(11-7-3-1-4-8-11)14(16)12-9-5-2-6-10-12;1-2-3(4)5/h1-10,16H;2H,1H2,(H,4,5). The number of nitrogens with zero attached hydrogens (tertiary/aromatic N) is 1. The minimum absolute atomic E-state index is 0.438. The molecule has 0 radical (unpaired) electrons. The fourth-order valence-electron chi connectivity index (χ4n) is 1.39. The van der Waals surface area contributed by atoms with Crippen molar-refractivity contribution in [3.63, 3.8) is 0 Å². The SMILES string of the molecule is C=CC(=O)O.O=C(c1ccccc1)N(O)c1ccccc1. The van der Waals surface area contributed by atoms with Crippen LogP contribution in [0.1, 0.15) is 10.4 Å². The average Bonchev–Trinajstić information content (AvgIpc) is 2.55. The Morgan fingerprint density at radius 3 is 1.81 bits per heavy atom. The first-order valence-corrected chi connectivity index (χ1v) is 6.05. The maximum absolute atomic E-state index is 11.8. The van der Waals surface area contributed by atoms with E-state index in [1.807, 2.05) is 12.1 Å². The monoisotopic (exact) mass is 285 g/mol. The molecule has 0 fully saturated rings. The van der Waals surface area contributed by atoms with Gasteiger partial charge in [-0.1, -0.05) is 43.0 Å². The number of carboxylic acid groups (broad SMARTS) is 1. The molecule has 108 valence electrons. The van der Waals surface area contributed by atoms with Gasteiger partial charge in [0.2, 0.25) is 0 Å². The van der Waals surface area contributed by atoms with Gasteiger partial charge in [0.15, 0.2) is 0 Å². The van der Waals surface area contributed by atoms with Crippen LogP contribution in [-0.4, -0.2) is 22.2 Å². The summed E-state index contributed by atoms with van der Waals surface area (Å²) in [5.74, 6) is -1.42. The third-order valence-corrected chi connectivity index (χ3v) is 2.39. The number of carbonyl (C=O) groups excluding carboxylic acids is 1. The molecule has 0 saturated carbocycles. The van der Waals surface area contributed by atoms with Gasteiger partial charge < -0.3 is 5.11 Å². The molecule has 1 amide bonds. The summed E-state index contributed by atoms with van der Waals surface area (Å²) >= 11 is 0. The van der Waals surface area contributed by atoms with Crippen molar-refractivity contribution in [2.75, 3.05) is 5.06 Å². The Morgan fingerprint density at radius 1 is 0.952 bits per heavy atom. The summed E-state index contributed by atoms with van der Waals surface area (Å²) in [6.45, 7) is 2.96. The molecular formula is C16H15NO4. The number of hydroxylamine groups is 1. The summed E-state index contributed by atoms with van der Waals surface area (Å²) in [7, 11) is 0. The molecule has 2 aromatic carbocycles. The van der Waals surface area contributed by atoms with Crippen molar-refractivity contribution in [1.29, 1.82) is 0 Å². The first-order valence-electron chi connectivity index (χ1n) is 6.05. The van der Waals surface area contributed by atoms with Crippen LogP contribution in [0.25, 0.3) is 0 Å². The van der Waals surface area contributed by atoms with Crippen LogP contribution < -0.4 is 5.06 Å². The maximum Gasteiger partial charge on any atom is 0.327 e. The second kappa shape index (κ2) is 8.29. The fourth-order valence-corrected chi connectivity index (χ4v) is 1.39. The van der Waals surface area contributed by atoms with E-state index in [9.17, 15) is 14.8 Å². The highest BCUT2D eigenvalue weighted by atomic mass is 16.5. The van der Waals surface area contributed by atoms with E-state index in [1.54, 1.807) is 48.5 Å². The lowest BCUT2D eigenvalue weighted by Gasteiger charge is -2.14. The van der Waals surface area contributed by atoms with Crippen LogP contribution in [0.5, 0.6) is 0 Å². The highest BCUT2D eigenvalue weighted by Crippen LogP contribution is 2.14. The predicted molar refractivity (Wildman–Crippen MR) is 79.3 cm³/mol. The second-order valence-corrected chi connectivity index (χ2v) is 3.86. The van der Waals surface area contributed by atoms with Crippen LogP contribution in [0.2, 0.25) is 0 Å². The molecule has 0 saturated heterocycles. The van der Waals surface area contributed by atoms with Gasteiger partial charge in [0.25, 0.3) is 5.91 Å². The van der Waals surface area contributed by atoms with Crippen molar-refractivity contribution < 1.29 is 19.9 Å². The summed E-state index contributed by atoms with van der Waals surface area (Å²) in [5, 5.41) is 18.0. The zero-order valence-electron chi connectivity index (χ0n) is 11.2. The number of rotatable bonds is 3. The van der Waals surface area contributed by atoms with E-state index in [1.165, 1.54) is 0 Å². The largest absolute Gasteiger partial charge is 0.478 e. The zero-order valence-corrected chi connectivity index (χ0v) is 11.2. The Morgan fingerprint density at radius 2 is 1.38 bits per heavy atom. The molecule has 0 atom stereocenters. The molecule has 0 heterocycles. The molecule has 0 bridgehead atoms. The van der Waals surface area contributed by atoms with E-state index in [0.29, 0.717) is 16.3 Å². The Hall–Kier alpha value is -2.92. The van der Waals surface area contributed by atoms with Crippen molar-refractivity contribution in [1.82, 2.24) is 0 Å². The van der Waals surface area contributed by atoms with Crippen molar-refractivity contribution >= 4 is 17.6 Å². The van der Waals surface area contributed by atoms with Gasteiger partial charge in [0.1, 0.15) is 0 Å². The average molecular weight is 285 g/mol. The minimum atomic E-state index is -0.981. The number of hydrogen-bond acceptors (Lipinski definition) is 3. The number of carbonyl (C=O) groups is 2.